The van der Waals surface area contributed by atoms with E-state index < -0.39 is 5.82 Å². The Bertz CT molecular complexity index is 388. The minimum Gasteiger partial charge on any atom is -0.370 e. The van der Waals surface area contributed by atoms with Gasteiger partial charge in [-0.25, -0.2) is 4.39 Å². The van der Waals surface area contributed by atoms with Crippen molar-refractivity contribution >= 4 is 17.5 Å². The number of halogens is 2. The molecule has 0 aliphatic rings. The minimum absolute atomic E-state index is 0.0356. The number of nitrogens with two attached hydrogens (primary N) is 1. The summed E-state index contributed by atoms with van der Waals surface area (Å²) in [6.07, 6.45) is 0. The number of hydrogen-bond acceptors (Lipinski definition) is 3. The summed E-state index contributed by atoms with van der Waals surface area (Å²) in [5.74, 6) is -0.730. The van der Waals surface area contributed by atoms with Crippen LogP contribution in [0.4, 0.5) is 4.39 Å². The Hall–Kier alpha value is -1.17. The van der Waals surface area contributed by atoms with Gasteiger partial charge in [0.25, 0.3) is 0 Å². The molecule has 0 aliphatic heterocycles. The minimum atomic E-state index is -0.479. The first-order chi connectivity index (χ1) is 8.13. The van der Waals surface area contributed by atoms with E-state index >= 15 is 0 Å². The molecule has 1 rings (SSSR count). The van der Waals surface area contributed by atoms with Gasteiger partial charge in [-0.15, -0.1) is 0 Å². The molecule has 0 saturated heterocycles. The van der Waals surface area contributed by atoms with Crippen LogP contribution in [0, 0.1) is 5.82 Å². The second-order valence-electron chi connectivity index (χ2n) is 3.37. The maximum atomic E-state index is 12.9. The number of benzene rings is 1. The van der Waals surface area contributed by atoms with E-state index in [0.717, 1.165) is 5.56 Å². The Balaban J connectivity index is 2.34. The van der Waals surface area contributed by atoms with Crippen molar-refractivity contribution in [3.05, 3.63) is 34.6 Å². The lowest BCUT2D eigenvalue weighted by Gasteiger charge is -2.06. The van der Waals surface area contributed by atoms with E-state index in [0.29, 0.717) is 13.2 Å². The molecule has 1 amide bonds. The SMILES string of the molecule is NCCOCC(=O)NCc1ccc(F)c(Cl)c1. The molecule has 3 N–H and O–H groups in total. The Morgan fingerprint density at radius 1 is 1.53 bits per heavy atom. The third-order valence-electron chi connectivity index (χ3n) is 1.97. The van der Waals surface area contributed by atoms with E-state index in [9.17, 15) is 9.18 Å². The average Bonchev–Trinajstić information content (AvgIpc) is 2.31. The van der Waals surface area contributed by atoms with E-state index in [-0.39, 0.29) is 24.1 Å². The van der Waals surface area contributed by atoms with Crippen LogP contribution in [0.3, 0.4) is 0 Å². The maximum absolute atomic E-state index is 12.9. The third-order valence-corrected chi connectivity index (χ3v) is 2.26. The van der Waals surface area contributed by atoms with Gasteiger partial charge in [0.05, 0.1) is 11.6 Å². The van der Waals surface area contributed by atoms with Crippen molar-refractivity contribution in [2.75, 3.05) is 19.8 Å². The molecule has 0 heterocycles. The van der Waals surface area contributed by atoms with E-state index in [2.05, 4.69) is 5.32 Å². The molecule has 94 valence electrons. The summed E-state index contributed by atoms with van der Waals surface area (Å²) in [5.41, 5.74) is 5.93. The fourth-order valence-electron chi connectivity index (χ4n) is 1.15. The van der Waals surface area contributed by atoms with Crippen molar-refractivity contribution in [1.82, 2.24) is 5.32 Å². The lowest BCUT2D eigenvalue weighted by atomic mass is 10.2. The van der Waals surface area contributed by atoms with Gasteiger partial charge in [0.15, 0.2) is 0 Å². The lowest BCUT2D eigenvalue weighted by molar-refractivity contribution is -0.125. The van der Waals surface area contributed by atoms with Crippen molar-refractivity contribution < 1.29 is 13.9 Å². The van der Waals surface area contributed by atoms with Gasteiger partial charge < -0.3 is 15.8 Å². The molecule has 1 aromatic carbocycles. The molecule has 17 heavy (non-hydrogen) atoms. The Morgan fingerprint density at radius 2 is 2.29 bits per heavy atom. The zero-order valence-corrected chi connectivity index (χ0v) is 9.97. The molecule has 4 nitrogen and oxygen atoms in total. The van der Waals surface area contributed by atoms with Gasteiger partial charge in [0, 0.05) is 13.1 Å². The summed E-state index contributed by atoms with van der Waals surface area (Å²) in [4.78, 5) is 11.3. The van der Waals surface area contributed by atoms with Crippen molar-refractivity contribution in [2.45, 2.75) is 6.54 Å². The average molecular weight is 261 g/mol. The van der Waals surface area contributed by atoms with Crippen molar-refractivity contribution in [1.29, 1.82) is 0 Å². The summed E-state index contributed by atoms with van der Waals surface area (Å²) < 4.78 is 17.8. The van der Waals surface area contributed by atoms with Gasteiger partial charge >= 0.3 is 0 Å². The molecular weight excluding hydrogens is 247 g/mol. The maximum Gasteiger partial charge on any atom is 0.246 e. The van der Waals surface area contributed by atoms with E-state index in [1.165, 1.54) is 12.1 Å². The topological polar surface area (TPSA) is 64.3 Å². The zero-order chi connectivity index (χ0) is 12.7. The van der Waals surface area contributed by atoms with Crippen molar-refractivity contribution in [2.24, 2.45) is 5.73 Å². The summed E-state index contributed by atoms with van der Waals surface area (Å²) in [6, 6.07) is 4.29. The van der Waals surface area contributed by atoms with Crippen molar-refractivity contribution in [3.8, 4) is 0 Å². The highest BCUT2D eigenvalue weighted by Crippen LogP contribution is 2.15. The van der Waals surface area contributed by atoms with Crippen molar-refractivity contribution in [3.63, 3.8) is 0 Å². The predicted molar refractivity (Wildman–Crippen MR) is 63.1 cm³/mol. The standard InChI is InChI=1S/C11H14ClFN2O2/c12-9-5-8(1-2-10(9)13)6-15-11(16)7-17-4-3-14/h1-2,5H,3-4,6-7,14H2,(H,15,16). The molecule has 6 heteroatoms. The number of amides is 1. The van der Waals surface area contributed by atoms with E-state index in [1.807, 2.05) is 0 Å². The highest BCUT2D eigenvalue weighted by Gasteiger charge is 2.03. The smallest absolute Gasteiger partial charge is 0.246 e. The largest absolute Gasteiger partial charge is 0.370 e. The first-order valence-electron chi connectivity index (χ1n) is 5.12. The van der Waals surface area contributed by atoms with Crippen LogP contribution in [0.15, 0.2) is 18.2 Å². The van der Waals surface area contributed by atoms with Gasteiger partial charge in [-0.05, 0) is 17.7 Å². The molecule has 0 aliphatic carbocycles. The highest BCUT2D eigenvalue weighted by molar-refractivity contribution is 6.30. The zero-order valence-electron chi connectivity index (χ0n) is 9.21. The summed E-state index contributed by atoms with van der Waals surface area (Å²) in [6.45, 7) is 0.966. The Labute approximate surface area is 104 Å². The van der Waals surface area contributed by atoms with Crippen LogP contribution in [0.1, 0.15) is 5.56 Å². The van der Waals surface area contributed by atoms with Gasteiger partial charge in [-0.3, -0.25) is 4.79 Å². The molecule has 0 unspecified atom stereocenters. The molecule has 0 spiro atoms. The molecule has 0 atom stereocenters. The van der Waals surface area contributed by atoms with Crippen LogP contribution in [0.2, 0.25) is 5.02 Å². The van der Waals surface area contributed by atoms with Gasteiger partial charge in [-0.2, -0.15) is 0 Å². The molecule has 0 fully saturated rings. The number of rotatable bonds is 6. The normalized spacial score (nSPS) is 10.3. The Kier molecular flexibility index (Phi) is 5.90. The van der Waals surface area contributed by atoms with Crippen LogP contribution in [0.5, 0.6) is 0 Å². The number of carbonyl (C=O) groups excluding carboxylic acids is 1. The fourth-order valence-corrected chi connectivity index (χ4v) is 1.35. The predicted octanol–water partition coefficient (Wildman–Crippen LogP) is 1.07. The van der Waals surface area contributed by atoms with Gasteiger partial charge in [-0.1, -0.05) is 17.7 Å². The quantitative estimate of drug-likeness (QED) is 0.752. The first-order valence-corrected chi connectivity index (χ1v) is 5.49. The number of hydrogen-bond donors (Lipinski definition) is 2. The number of nitrogens with one attached hydrogen (secondary N) is 1. The first kappa shape index (κ1) is 13.9. The molecule has 0 bridgehead atoms. The Morgan fingerprint density at radius 3 is 2.94 bits per heavy atom. The van der Waals surface area contributed by atoms with Gasteiger partial charge in [0.2, 0.25) is 5.91 Å². The lowest BCUT2D eigenvalue weighted by Crippen LogP contribution is -2.28. The third kappa shape index (κ3) is 5.12. The van der Waals surface area contributed by atoms with Crippen LogP contribution < -0.4 is 11.1 Å². The van der Waals surface area contributed by atoms with E-state index in [1.54, 1.807) is 6.07 Å². The second-order valence-corrected chi connectivity index (χ2v) is 3.77. The summed E-state index contributed by atoms with van der Waals surface area (Å²) in [5, 5.41) is 2.66. The fraction of sp³-hybridized carbons (Fsp3) is 0.364. The molecule has 0 saturated carbocycles. The van der Waals surface area contributed by atoms with Gasteiger partial charge in [0.1, 0.15) is 12.4 Å². The van der Waals surface area contributed by atoms with E-state index in [4.69, 9.17) is 22.1 Å². The molecule has 0 radical (unpaired) electrons. The van der Waals surface area contributed by atoms with Crippen LogP contribution in [-0.4, -0.2) is 25.7 Å². The van der Waals surface area contributed by atoms with Crippen LogP contribution >= 0.6 is 11.6 Å². The monoisotopic (exact) mass is 260 g/mol. The number of carbonyl (C=O) groups is 1. The number of ether oxygens (including phenoxy) is 1. The summed E-state index contributed by atoms with van der Waals surface area (Å²) in [7, 11) is 0. The highest BCUT2D eigenvalue weighted by atomic mass is 35.5. The van der Waals surface area contributed by atoms with Crippen LogP contribution in [-0.2, 0) is 16.1 Å². The second kappa shape index (κ2) is 7.21. The molecular formula is C11H14ClFN2O2. The summed E-state index contributed by atoms with van der Waals surface area (Å²) >= 11 is 5.61. The van der Waals surface area contributed by atoms with Crippen LogP contribution in [0.25, 0.3) is 0 Å². The molecule has 0 aromatic heterocycles. The molecule has 1 aromatic rings.